The lowest BCUT2D eigenvalue weighted by Gasteiger charge is -2.35. The Morgan fingerprint density at radius 1 is 0.675 bits per heavy atom. The summed E-state index contributed by atoms with van der Waals surface area (Å²) in [6.45, 7) is -1.86. The molecule has 0 atom stereocenters. The van der Waals surface area contributed by atoms with Crippen LogP contribution in [0.15, 0.2) is 90.5 Å². The summed E-state index contributed by atoms with van der Waals surface area (Å²) < 4.78 is 131. The number of alkyl halides is 9. The number of carbonyl (C=O) groups excluding carboxylic acids is 1. The fraction of sp³-hybridized carbons (Fsp3) is 0.192. The molecule has 0 aliphatic heterocycles. The third kappa shape index (κ3) is 5.65. The lowest BCUT2D eigenvalue weighted by atomic mass is 9.86. The Kier molecular flexibility index (Phi) is 8.32. The van der Waals surface area contributed by atoms with E-state index in [-0.39, 0.29) is 11.1 Å². The fourth-order valence-electron chi connectivity index (χ4n) is 3.55. The number of hydrogen-bond donors (Lipinski definition) is 0. The molecule has 0 amide bonds. The standard InChI is InChI=1S/C26H16F9NO4/c27-23(28,24(29,30)25(31,32)26(33,34)35)20(15-40-22(37)18-11-13-19(14-12-18)36(38)39)21(16-7-3-1-4-8-16)17-9-5-2-6-10-17/h1-14H,15H2. The smallest absolute Gasteiger partial charge is 0.457 e. The number of carbonyl (C=O) groups is 1. The average Bonchev–Trinajstić information content (AvgIpc) is 2.90. The maximum atomic E-state index is 15.5. The average molecular weight is 577 g/mol. The van der Waals surface area contributed by atoms with Crippen molar-refractivity contribution < 1.29 is 54.0 Å². The molecule has 0 saturated carbocycles. The Labute approximate surface area is 219 Å². The van der Waals surface area contributed by atoms with Crippen LogP contribution in [-0.2, 0) is 4.74 Å². The van der Waals surface area contributed by atoms with Crippen LogP contribution in [0.25, 0.3) is 5.57 Å². The van der Waals surface area contributed by atoms with Crippen molar-refractivity contribution in [3.05, 3.63) is 117 Å². The Bertz CT molecular complexity index is 1350. The van der Waals surface area contributed by atoms with E-state index in [4.69, 9.17) is 0 Å². The lowest BCUT2D eigenvalue weighted by Crippen LogP contribution is -2.61. The number of nitro benzene ring substituents is 1. The van der Waals surface area contributed by atoms with E-state index in [2.05, 4.69) is 4.74 Å². The number of halogens is 9. The van der Waals surface area contributed by atoms with Gasteiger partial charge in [-0.3, -0.25) is 10.1 Å². The molecule has 3 rings (SSSR count). The second-order valence-electron chi connectivity index (χ2n) is 8.19. The molecule has 0 aliphatic rings. The van der Waals surface area contributed by atoms with E-state index in [1.54, 1.807) is 0 Å². The number of rotatable bonds is 9. The summed E-state index contributed by atoms with van der Waals surface area (Å²) in [5.41, 5.74) is -4.48. The minimum atomic E-state index is -7.20. The zero-order valence-electron chi connectivity index (χ0n) is 19.8. The van der Waals surface area contributed by atoms with Crippen LogP contribution in [0.2, 0.25) is 0 Å². The molecule has 0 aliphatic carbocycles. The van der Waals surface area contributed by atoms with E-state index in [0.29, 0.717) is 0 Å². The normalized spacial score (nSPS) is 12.5. The van der Waals surface area contributed by atoms with Gasteiger partial charge in [0.25, 0.3) is 5.69 Å². The van der Waals surface area contributed by atoms with Crippen LogP contribution in [0.5, 0.6) is 0 Å². The minimum absolute atomic E-state index is 0.291. The van der Waals surface area contributed by atoms with E-state index in [1.165, 1.54) is 36.4 Å². The van der Waals surface area contributed by atoms with Crippen LogP contribution >= 0.6 is 0 Å². The quantitative estimate of drug-likeness (QED) is 0.113. The monoisotopic (exact) mass is 577 g/mol. The first kappa shape index (κ1) is 30.2. The van der Waals surface area contributed by atoms with Crippen molar-refractivity contribution in [1.29, 1.82) is 0 Å². The predicted octanol–water partition coefficient (Wildman–Crippen LogP) is 7.72. The molecular weight excluding hydrogens is 561 g/mol. The molecule has 0 spiro atoms. The third-order valence-electron chi connectivity index (χ3n) is 5.61. The van der Waals surface area contributed by atoms with Crippen LogP contribution in [0.4, 0.5) is 45.2 Å². The van der Waals surface area contributed by atoms with Crippen molar-refractivity contribution >= 4 is 17.2 Å². The Hall–Kier alpha value is -4.36. The van der Waals surface area contributed by atoms with Crippen LogP contribution < -0.4 is 0 Å². The molecule has 5 nitrogen and oxygen atoms in total. The van der Waals surface area contributed by atoms with Crippen molar-refractivity contribution in [2.45, 2.75) is 23.9 Å². The van der Waals surface area contributed by atoms with Gasteiger partial charge in [0.15, 0.2) is 0 Å². The number of esters is 1. The first-order valence-electron chi connectivity index (χ1n) is 11.0. The van der Waals surface area contributed by atoms with Gasteiger partial charge in [0.1, 0.15) is 6.61 Å². The third-order valence-corrected chi connectivity index (χ3v) is 5.61. The number of hydrogen-bond acceptors (Lipinski definition) is 4. The molecule has 0 saturated heterocycles. The summed E-state index contributed by atoms with van der Waals surface area (Å²) >= 11 is 0. The number of non-ortho nitro benzene ring substituents is 1. The largest absolute Gasteiger partial charge is 0.460 e. The van der Waals surface area contributed by atoms with Gasteiger partial charge in [0, 0.05) is 12.1 Å². The molecule has 212 valence electrons. The Morgan fingerprint density at radius 3 is 1.52 bits per heavy atom. The van der Waals surface area contributed by atoms with Gasteiger partial charge in [-0.2, -0.15) is 39.5 Å². The molecular formula is C26H16F9NO4. The van der Waals surface area contributed by atoms with Crippen molar-refractivity contribution in [2.75, 3.05) is 6.61 Å². The highest BCUT2D eigenvalue weighted by Crippen LogP contribution is 2.56. The lowest BCUT2D eigenvalue weighted by molar-refractivity contribution is -0.390. The van der Waals surface area contributed by atoms with Crippen LogP contribution in [-0.4, -0.2) is 41.4 Å². The second-order valence-corrected chi connectivity index (χ2v) is 8.19. The summed E-state index contributed by atoms with van der Waals surface area (Å²) in [5.74, 6) is -22.0. The van der Waals surface area contributed by atoms with E-state index < -0.39 is 63.8 Å². The number of nitro groups is 1. The fourth-order valence-corrected chi connectivity index (χ4v) is 3.55. The van der Waals surface area contributed by atoms with Crippen LogP contribution in [0.1, 0.15) is 21.5 Å². The highest BCUT2D eigenvalue weighted by molar-refractivity contribution is 5.90. The molecule has 0 fully saturated rings. The molecule has 0 aromatic heterocycles. The van der Waals surface area contributed by atoms with Gasteiger partial charge in [-0.25, -0.2) is 4.79 Å². The highest BCUT2D eigenvalue weighted by Gasteiger charge is 2.82. The SMILES string of the molecule is O=C(OCC(=C(c1ccccc1)c1ccccc1)C(F)(F)C(F)(F)C(F)(F)C(F)(F)F)c1ccc([N+](=O)[O-])cc1. The summed E-state index contributed by atoms with van der Waals surface area (Å²) in [4.78, 5) is 22.4. The molecule has 0 unspecified atom stereocenters. The van der Waals surface area contributed by atoms with Crippen molar-refractivity contribution in [3.8, 4) is 0 Å². The van der Waals surface area contributed by atoms with Gasteiger partial charge in [0.05, 0.1) is 16.1 Å². The van der Waals surface area contributed by atoms with E-state index in [0.717, 1.165) is 48.5 Å². The molecule has 3 aromatic rings. The summed E-state index contributed by atoms with van der Waals surface area (Å²) in [7, 11) is 0. The second kappa shape index (κ2) is 11.0. The highest BCUT2D eigenvalue weighted by atomic mass is 19.4. The maximum Gasteiger partial charge on any atom is 0.460 e. The van der Waals surface area contributed by atoms with Crippen LogP contribution in [0.3, 0.4) is 0 Å². The Morgan fingerprint density at radius 2 is 1.12 bits per heavy atom. The maximum absolute atomic E-state index is 15.5. The summed E-state index contributed by atoms with van der Waals surface area (Å²) in [6, 6.07) is 15.6. The minimum Gasteiger partial charge on any atom is -0.457 e. The van der Waals surface area contributed by atoms with Gasteiger partial charge < -0.3 is 4.74 Å². The summed E-state index contributed by atoms with van der Waals surface area (Å²) in [5, 5.41) is 10.8. The zero-order valence-corrected chi connectivity index (χ0v) is 19.8. The van der Waals surface area contributed by atoms with Crippen molar-refractivity contribution in [1.82, 2.24) is 0 Å². The molecule has 0 radical (unpaired) electrons. The van der Waals surface area contributed by atoms with Gasteiger partial charge in [0.2, 0.25) is 0 Å². The van der Waals surface area contributed by atoms with E-state index >= 15 is 8.78 Å². The first-order chi connectivity index (χ1) is 18.5. The summed E-state index contributed by atoms with van der Waals surface area (Å²) in [6.07, 6.45) is -7.07. The topological polar surface area (TPSA) is 69.4 Å². The number of nitrogens with zero attached hydrogens (tertiary/aromatic N) is 1. The van der Waals surface area contributed by atoms with Gasteiger partial charge >= 0.3 is 29.9 Å². The molecule has 3 aromatic carbocycles. The first-order valence-corrected chi connectivity index (χ1v) is 11.0. The van der Waals surface area contributed by atoms with E-state index in [9.17, 15) is 45.6 Å². The predicted molar refractivity (Wildman–Crippen MR) is 123 cm³/mol. The molecule has 40 heavy (non-hydrogen) atoms. The Balaban J connectivity index is 2.23. The van der Waals surface area contributed by atoms with E-state index in [1.807, 2.05) is 0 Å². The zero-order chi connectivity index (χ0) is 29.9. The molecule has 0 N–H and O–H groups in total. The van der Waals surface area contributed by atoms with Gasteiger partial charge in [-0.05, 0) is 28.8 Å². The number of ether oxygens (including phenoxy) is 1. The van der Waals surface area contributed by atoms with Gasteiger partial charge in [-0.1, -0.05) is 60.7 Å². The van der Waals surface area contributed by atoms with Crippen LogP contribution in [0, 0.1) is 10.1 Å². The number of benzene rings is 3. The molecule has 0 heterocycles. The molecule has 14 heteroatoms. The van der Waals surface area contributed by atoms with Crippen molar-refractivity contribution in [2.24, 2.45) is 0 Å². The molecule has 0 bridgehead atoms. The van der Waals surface area contributed by atoms with Gasteiger partial charge in [-0.15, -0.1) is 0 Å². The van der Waals surface area contributed by atoms with Crippen molar-refractivity contribution in [3.63, 3.8) is 0 Å².